The van der Waals surface area contributed by atoms with Crippen LogP contribution in [0.4, 0.5) is 0 Å². The van der Waals surface area contributed by atoms with E-state index >= 15 is 0 Å². The smallest absolute Gasteiger partial charge is 0.222 e. The second kappa shape index (κ2) is 4.74. The summed E-state index contributed by atoms with van der Waals surface area (Å²) in [6.45, 7) is 12.4. The van der Waals surface area contributed by atoms with Crippen molar-refractivity contribution in [1.29, 1.82) is 0 Å². The van der Waals surface area contributed by atoms with Crippen LogP contribution in [0.15, 0.2) is 0 Å². The molecule has 2 N–H and O–H groups in total. The van der Waals surface area contributed by atoms with E-state index in [1.54, 1.807) is 0 Å². The molecule has 2 atom stereocenters. The van der Waals surface area contributed by atoms with Gasteiger partial charge < -0.3 is 10.6 Å². The molecular formula is C13H26N2O. The summed E-state index contributed by atoms with van der Waals surface area (Å²) in [6.07, 6.45) is 0.689. The van der Waals surface area contributed by atoms with Gasteiger partial charge in [0.2, 0.25) is 5.91 Å². The quantitative estimate of drug-likeness (QED) is 0.798. The Kier molecular flexibility index (Phi) is 4.00. The van der Waals surface area contributed by atoms with E-state index in [1.807, 2.05) is 4.90 Å². The maximum atomic E-state index is 11.9. The molecule has 1 saturated heterocycles. The number of carbonyl (C=O) groups is 1. The van der Waals surface area contributed by atoms with E-state index in [4.69, 9.17) is 5.73 Å². The number of nitrogens with zero attached hydrogens (tertiary/aromatic N) is 1. The van der Waals surface area contributed by atoms with Crippen LogP contribution in [0, 0.1) is 17.3 Å². The standard InChI is InChI=1S/C13H26N2O/c1-9(2)11(14)8-15-7-10(6-12(15)16)13(3,4)5/h9-11H,6-8,14H2,1-5H3. The Morgan fingerprint density at radius 1 is 1.44 bits per heavy atom. The highest BCUT2D eigenvalue weighted by Gasteiger charge is 2.37. The molecule has 0 bridgehead atoms. The summed E-state index contributed by atoms with van der Waals surface area (Å²) in [7, 11) is 0. The van der Waals surface area contributed by atoms with Gasteiger partial charge in [-0.2, -0.15) is 0 Å². The van der Waals surface area contributed by atoms with Crippen LogP contribution in [0.5, 0.6) is 0 Å². The summed E-state index contributed by atoms with van der Waals surface area (Å²) in [5.74, 6) is 1.18. The first-order chi connectivity index (χ1) is 7.21. The highest BCUT2D eigenvalue weighted by molar-refractivity contribution is 5.78. The third-order valence-corrected chi connectivity index (χ3v) is 3.73. The van der Waals surface area contributed by atoms with Gasteiger partial charge in [-0.05, 0) is 17.3 Å². The van der Waals surface area contributed by atoms with Gasteiger partial charge in [-0.3, -0.25) is 4.79 Å². The van der Waals surface area contributed by atoms with Crippen molar-refractivity contribution in [3.05, 3.63) is 0 Å². The number of hydrogen-bond acceptors (Lipinski definition) is 2. The fourth-order valence-corrected chi connectivity index (χ4v) is 1.99. The average Bonchev–Trinajstić information content (AvgIpc) is 2.47. The molecule has 1 rings (SSSR count). The first-order valence-electron chi connectivity index (χ1n) is 6.25. The molecule has 16 heavy (non-hydrogen) atoms. The Hall–Kier alpha value is -0.570. The molecule has 0 aromatic heterocycles. The summed E-state index contributed by atoms with van der Waals surface area (Å²) in [5, 5.41) is 0. The SMILES string of the molecule is CC(C)C(N)CN1CC(C(C)(C)C)CC1=O. The second-order valence-electron chi connectivity index (χ2n) is 6.47. The summed E-state index contributed by atoms with van der Waals surface area (Å²) in [6, 6.07) is 0.0997. The number of likely N-dealkylation sites (tertiary alicyclic amines) is 1. The largest absolute Gasteiger partial charge is 0.341 e. The molecule has 0 spiro atoms. The Morgan fingerprint density at radius 2 is 2.00 bits per heavy atom. The molecule has 0 radical (unpaired) electrons. The predicted octanol–water partition coefficient (Wildman–Crippen LogP) is 1.86. The van der Waals surface area contributed by atoms with Crippen molar-refractivity contribution in [2.24, 2.45) is 23.0 Å². The molecule has 1 heterocycles. The van der Waals surface area contributed by atoms with Crippen molar-refractivity contribution in [3.8, 4) is 0 Å². The number of rotatable bonds is 3. The van der Waals surface area contributed by atoms with Gasteiger partial charge in [-0.25, -0.2) is 0 Å². The maximum Gasteiger partial charge on any atom is 0.222 e. The molecule has 1 aliphatic heterocycles. The third-order valence-electron chi connectivity index (χ3n) is 3.73. The average molecular weight is 226 g/mol. The molecule has 0 aromatic carbocycles. The van der Waals surface area contributed by atoms with Gasteiger partial charge in [-0.15, -0.1) is 0 Å². The van der Waals surface area contributed by atoms with Crippen LogP contribution in [-0.4, -0.2) is 29.9 Å². The molecule has 0 aromatic rings. The summed E-state index contributed by atoms with van der Waals surface area (Å²) >= 11 is 0. The number of carbonyl (C=O) groups excluding carboxylic acids is 1. The fraction of sp³-hybridized carbons (Fsp3) is 0.923. The Balaban J connectivity index is 2.55. The van der Waals surface area contributed by atoms with E-state index in [-0.39, 0.29) is 17.4 Å². The van der Waals surface area contributed by atoms with Crippen LogP contribution in [-0.2, 0) is 4.79 Å². The Morgan fingerprint density at radius 3 is 2.38 bits per heavy atom. The monoisotopic (exact) mass is 226 g/mol. The zero-order valence-corrected chi connectivity index (χ0v) is 11.3. The Labute approximate surface area is 99.4 Å². The molecule has 1 aliphatic rings. The minimum absolute atomic E-state index is 0.0997. The van der Waals surface area contributed by atoms with Crippen LogP contribution in [0.2, 0.25) is 0 Å². The van der Waals surface area contributed by atoms with Crippen molar-refractivity contribution in [2.75, 3.05) is 13.1 Å². The van der Waals surface area contributed by atoms with Crippen LogP contribution >= 0.6 is 0 Å². The van der Waals surface area contributed by atoms with Crippen LogP contribution in [0.1, 0.15) is 41.0 Å². The van der Waals surface area contributed by atoms with Crippen molar-refractivity contribution in [1.82, 2.24) is 4.90 Å². The first kappa shape index (κ1) is 13.5. The molecular weight excluding hydrogens is 200 g/mol. The first-order valence-corrected chi connectivity index (χ1v) is 6.25. The predicted molar refractivity (Wildman–Crippen MR) is 67.0 cm³/mol. The van der Waals surface area contributed by atoms with E-state index in [1.165, 1.54) is 0 Å². The zero-order chi connectivity index (χ0) is 12.5. The molecule has 0 aliphatic carbocycles. The highest BCUT2D eigenvalue weighted by Crippen LogP contribution is 2.34. The van der Waals surface area contributed by atoms with Crippen molar-refractivity contribution in [2.45, 2.75) is 47.1 Å². The third kappa shape index (κ3) is 3.21. The van der Waals surface area contributed by atoms with Gasteiger partial charge in [0.15, 0.2) is 0 Å². The lowest BCUT2D eigenvalue weighted by Crippen LogP contribution is -2.41. The van der Waals surface area contributed by atoms with Crippen LogP contribution in [0.25, 0.3) is 0 Å². The van der Waals surface area contributed by atoms with E-state index in [9.17, 15) is 4.79 Å². The Bertz CT molecular complexity index is 255. The van der Waals surface area contributed by atoms with Crippen molar-refractivity contribution in [3.63, 3.8) is 0 Å². The van der Waals surface area contributed by atoms with Crippen molar-refractivity contribution >= 4 is 5.91 Å². The van der Waals surface area contributed by atoms with Crippen molar-refractivity contribution < 1.29 is 4.79 Å². The molecule has 3 heteroatoms. The van der Waals surface area contributed by atoms with Gasteiger partial charge in [0, 0.05) is 25.6 Å². The summed E-state index contributed by atoms with van der Waals surface area (Å²) in [4.78, 5) is 13.8. The molecule has 3 nitrogen and oxygen atoms in total. The minimum Gasteiger partial charge on any atom is -0.341 e. The number of hydrogen-bond donors (Lipinski definition) is 1. The fourth-order valence-electron chi connectivity index (χ4n) is 1.99. The van der Waals surface area contributed by atoms with Gasteiger partial charge in [0.25, 0.3) is 0 Å². The lowest BCUT2D eigenvalue weighted by molar-refractivity contribution is -0.128. The van der Waals surface area contributed by atoms with E-state index < -0.39 is 0 Å². The van der Waals surface area contributed by atoms with Gasteiger partial charge in [0.05, 0.1) is 0 Å². The topological polar surface area (TPSA) is 46.3 Å². The zero-order valence-electron chi connectivity index (χ0n) is 11.3. The summed E-state index contributed by atoms with van der Waals surface area (Å²) in [5.41, 5.74) is 6.23. The van der Waals surface area contributed by atoms with Gasteiger partial charge in [-0.1, -0.05) is 34.6 Å². The van der Waals surface area contributed by atoms with Crippen LogP contribution in [0.3, 0.4) is 0 Å². The molecule has 1 fully saturated rings. The molecule has 94 valence electrons. The lowest BCUT2D eigenvalue weighted by atomic mass is 9.80. The normalized spacial score (nSPS) is 24.3. The van der Waals surface area contributed by atoms with E-state index in [2.05, 4.69) is 34.6 Å². The maximum absolute atomic E-state index is 11.9. The molecule has 1 amide bonds. The minimum atomic E-state index is 0.0997. The lowest BCUT2D eigenvalue weighted by Gasteiger charge is -2.28. The van der Waals surface area contributed by atoms with Gasteiger partial charge >= 0.3 is 0 Å². The summed E-state index contributed by atoms with van der Waals surface area (Å²) < 4.78 is 0. The molecule has 2 unspecified atom stereocenters. The highest BCUT2D eigenvalue weighted by atomic mass is 16.2. The van der Waals surface area contributed by atoms with Gasteiger partial charge in [0.1, 0.15) is 0 Å². The second-order valence-corrected chi connectivity index (χ2v) is 6.47. The molecule has 0 saturated carbocycles. The van der Waals surface area contributed by atoms with Crippen LogP contribution < -0.4 is 5.73 Å². The van der Waals surface area contributed by atoms with E-state index in [0.29, 0.717) is 24.8 Å². The van der Waals surface area contributed by atoms with E-state index in [0.717, 1.165) is 6.54 Å². The number of amides is 1. The number of nitrogens with two attached hydrogens (primary N) is 1.